The number of hydrogen-bond acceptors (Lipinski definition) is 4. The normalized spacial score (nSPS) is 13.9. The third-order valence-electron chi connectivity index (χ3n) is 2.56. The molecule has 0 heterocycles. The summed E-state index contributed by atoms with van der Waals surface area (Å²) in [5.74, 6) is -0.151. The fraction of sp³-hybridized carbons (Fsp3) is 0.833. The van der Waals surface area contributed by atoms with Crippen molar-refractivity contribution in [3.05, 3.63) is 0 Å². The Morgan fingerprint density at radius 2 is 1.94 bits per heavy atom. The molecular weight excluding hydrogens is 222 g/mol. The van der Waals surface area contributed by atoms with Crippen LogP contribution < -0.4 is 5.32 Å². The van der Waals surface area contributed by atoms with E-state index >= 15 is 0 Å². The highest BCUT2D eigenvalue weighted by Crippen LogP contribution is 2.07. The molecule has 17 heavy (non-hydrogen) atoms. The number of hydrogen-bond donors (Lipinski definition) is 2. The molecule has 0 aliphatic rings. The Morgan fingerprint density at radius 3 is 2.41 bits per heavy atom. The van der Waals surface area contributed by atoms with Crippen molar-refractivity contribution in [3.8, 4) is 0 Å². The van der Waals surface area contributed by atoms with Gasteiger partial charge in [-0.15, -0.1) is 0 Å². The Bertz CT molecular complexity index is 241. The average Bonchev–Trinajstić information content (AvgIpc) is 2.30. The van der Waals surface area contributed by atoms with Crippen molar-refractivity contribution in [1.29, 1.82) is 0 Å². The number of aliphatic hydroxyl groups excluding tert-OH is 1. The molecule has 0 aromatic heterocycles. The number of Topliss-reactive ketones (excluding diaryl/α,β-unsaturated/α-hetero) is 1. The number of carbonyl (C=O) groups is 2. The van der Waals surface area contributed by atoms with E-state index in [0.29, 0.717) is 6.42 Å². The third kappa shape index (κ3) is 6.94. The summed E-state index contributed by atoms with van der Waals surface area (Å²) in [6, 6.07) is -0.871. The number of carbonyl (C=O) groups excluding carboxylic acids is 2. The first kappa shape index (κ1) is 15.9. The predicted octanol–water partition coefficient (Wildman–Crippen LogP) is 1.63. The predicted molar refractivity (Wildman–Crippen MR) is 64.8 cm³/mol. The molecule has 0 aliphatic heterocycles. The quantitative estimate of drug-likeness (QED) is 0.637. The molecule has 0 aromatic rings. The number of aliphatic hydroxyl groups is 1. The lowest BCUT2D eigenvalue weighted by Gasteiger charge is -2.19. The van der Waals surface area contributed by atoms with Crippen LogP contribution in [0.5, 0.6) is 0 Å². The van der Waals surface area contributed by atoms with Crippen LogP contribution in [0.25, 0.3) is 0 Å². The molecule has 1 amide bonds. The molecule has 0 radical (unpaired) electrons. The number of methoxy groups -OCH3 is 1. The second kappa shape index (κ2) is 8.98. The highest BCUT2D eigenvalue weighted by molar-refractivity contribution is 5.87. The molecule has 0 fully saturated rings. The van der Waals surface area contributed by atoms with Crippen LogP contribution in [-0.2, 0) is 9.53 Å². The molecule has 0 aromatic carbocycles. The van der Waals surface area contributed by atoms with Crippen LogP contribution in [-0.4, -0.2) is 36.2 Å². The molecule has 2 atom stereocenters. The number of unbranched alkanes of at least 4 members (excludes halogenated alkanes) is 3. The summed E-state index contributed by atoms with van der Waals surface area (Å²) in [5.41, 5.74) is 0. The van der Waals surface area contributed by atoms with Crippen molar-refractivity contribution < 1.29 is 19.4 Å². The highest BCUT2D eigenvalue weighted by Gasteiger charge is 2.24. The van der Waals surface area contributed by atoms with Crippen molar-refractivity contribution in [3.63, 3.8) is 0 Å². The monoisotopic (exact) mass is 245 g/mol. The summed E-state index contributed by atoms with van der Waals surface area (Å²) >= 11 is 0. The first-order chi connectivity index (χ1) is 8.02. The van der Waals surface area contributed by atoms with Crippen molar-refractivity contribution in [2.24, 2.45) is 0 Å². The zero-order valence-corrected chi connectivity index (χ0v) is 10.9. The topological polar surface area (TPSA) is 75.6 Å². The fourth-order valence-corrected chi connectivity index (χ4v) is 1.54. The van der Waals surface area contributed by atoms with Crippen LogP contribution in [0.4, 0.5) is 4.79 Å². The molecule has 0 unspecified atom stereocenters. The molecule has 0 rings (SSSR count). The van der Waals surface area contributed by atoms with E-state index in [1.165, 1.54) is 14.0 Å². The van der Waals surface area contributed by atoms with E-state index in [0.717, 1.165) is 25.7 Å². The third-order valence-corrected chi connectivity index (χ3v) is 2.56. The van der Waals surface area contributed by atoms with Crippen LogP contribution in [0.2, 0.25) is 0 Å². The van der Waals surface area contributed by atoms with Crippen LogP contribution in [0, 0.1) is 0 Å². The first-order valence-electron chi connectivity index (χ1n) is 6.08. The molecule has 0 spiro atoms. The van der Waals surface area contributed by atoms with Crippen LogP contribution in [0.1, 0.15) is 46.0 Å². The second-order valence-electron chi connectivity index (χ2n) is 4.13. The SMILES string of the molecule is CCCCCCC(=O)[C@@H](NC(=O)OC)[C@@H](C)O. The van der Waals surface area contributed by atoms with E-state index in [2.05, 4.69) is 17.0 Å². The minimum absolute atomic E-state index is 0.151. The molecule has 2 N–H and O–H groups in total. The largest absolute Gasteiger partial charge is 0.453 e. The summed E-state index contributed by atoms with van der Waals surface area (Å²) in [6.45, 7) is 3.57. The maximum Gasteiger partial charge on any atom is 0.407 e. The van der Waals surface area contributed by atoms with Gasteiger partial charge in [0.2, 0.25) is 0 Å². The maximum atomic E-state index is 11.8. The summed E-state index contributed by atoms with van der Waals surface area (Å²) < 4.78 is 4.41. The molecule has 0 saturated heterocycles. The van der Waals surface area contributed by atoms with Gasteiger partial charge in [-0.2, -0.15) is 0 Å². The van der Waals surface area contributed by atoms with Crippen LogP contribution in [0.15, 0.2) is 0 Å². The molecule has 5 nitrogen and oxygen atoms in total. The number of amides is 1. The van der Waals surface area contributed by atoms with Gasteiger partial charge in [0.25, 0.3) is 0 Å². The van der Waals surface area contributed by atoms with E-state index in [1.807, 2.05) is 0 Å². The molecule has 0 bridgehead atoms. The molecule has 0 aliphatic carbocycles. The van der Waals surface area contributed by atoms with E-state index in [1.54, 1.807) is 0 Å². The highest BCUT2D eigenvalue weighted by atomic mass is 16.5. The second-order valence-corrected chi connectivity index (χ2v) is 4.13. The average molecular weight is 245 g/mol. The van der Waals surface area contributed by atoms with Crippen LogP contribution in [0.3, 0.4) is 0 Å². The van der Waals surface area contributed by atoms with Crippen molar-refractivity contribution in [2.75, 3.05) is 7.11 Å². The molecule has 5 heteroatoms. The van der Waals surface area contributed by atoms with E-state index in [4.69, 9.17) is 0 Å². The molecular formula is C12H23NO4. The van der Waals surface area contributed by atoms with E-state index in [9.17, 15) is 14.7 Å². The van der Waals surface area contributed by atoms with Gasteiger partial charge in [0.1, 0.15) is 6.04 Å². The summed E-state index contributed by atoms with van der Waals surface area (Å²) in [5, 5.41) is 11.8. The zero-order valence-electron chi connectivity index (χ0n) is 10.9. The minimum atomic E-state index is -0.909. The number of rotatable bonds is 8. The Hall–Kier alpha value is -1.10. The zero-order chi connectivity index (χ0) is 13.3. The fourth-order valence-electron chi connectivity index (χ4n) is 1.54. The van der Waals surface area contributed by atoms with Gasteiger partial charge in [-0.1, -0.05) is 26.2 Å². The number of alkyl carbamates (subject to hydrolysis) is 1. The van der Waals surface area contributed by atoms with Gasteiger partial charge in [0.05, 0.1) is 13.2 Å². The van der Waals surface area contributed by atoms with E-state index in [-0.39, 0.29) is 5.78 Å². The Morgan fingerprint density at radius 1 is 1.29 bits per heavy atom. The van der Waals surface area contributed by atoms with Gasteiger partial charge >= 0.3 is 6.09 Å². The lowest BCUT2D eigenvalue weighted by atomic mass is 10.0. The Labute approximate surface area is 103 Å². The van der Waals surface area contributed by atoms with Gasteiger partial charge < -0.3 is 15.2 Å². The number of ether oxygens (including phenoxy) is 1. The van der Waals surface area contributed by atoms with Crippen molar-refractivity contribution >= 4 is 11.9 Å². The standard InChI is InChI=1S/C12H23NO4/c1-4-5-6-7-8-10(15)11(9(2)14)13-12(16)17-3/h9,11,14H,4-8H2,1-3H3,(H,13,16)/t9-,11+/m1/s1. The van der Waals surface area contributed by atoms with Crippen molar-refractivity contribution in [2.45, 2.75) is 58.1 Å². The minimum Gasteiger partial charge on any atom is -0.453 e. The van der Waals surface area contributed by atoms with Gasteiger partial charge in [-0.05, 0) is 13.3 Å². The first-order valence-corrected chi connectivity index (χ1v) is 6.08. The van der Waals surface area contributed by atoms with Gasteiger partial charge in [0, 0.05) is 6.42 Å². The van der Waals surface area contributed by atoms with Crippen molar-refractivity contribution in [1.82, 2.24) is 5.32 Å². The van der Waals surface area contributed by atoms with Crippen LogP contribution >= 0.6 is 0 Å². The van der Waals surface area contributed by atoms with E-state index < -0.39 is 18.2 Å². The lowest BCUT2D eigenvalue weighted by Crippen LogP contribution is -2.47. The van der Waals surface area contributed by atoms with Gasteiger partial charge in [-0.25, -0.2) is 4.79 Å². The van der Waals surface area contributed by atoms with Gasteiger partial charge in [-0.3, -0.25) is 4.79 Å². The Kier molecular flexibility index (Phi) is 8.40. The Balaban J connectivity index is 4.11. The van der Waals surface area contributed by atoms with Gasteiger partial charge in [0.15, 0.2) is 5.78 Å². The smallest absolute Gasteiger partial charge is 0.407 e. The molecule has 100 valence electrons. The summed E-state index contributed by atoms with van der Waals surface area (Å²) in [4.78, 5) is 22.8. The number of ketones is 1. The summed E-state index contributed by atoms with van der Waals surface area (Å²) in [7, 11) is 1.22. The lowest BCUT2D eigenvalue weighted by molar-refractivity contribution is -0.123. The number of nitrogens with one attached hydrogen (secondary N) is 1. The molecule has 0 saturated carbocycles. The summed E-state index contributed by atoms with van der Waals surface area (Å²) in [6.07, 6.45) is 2.75. The maximum absolute atomic E-state index is 11.8.